The number of nitrogens with one attached hydrogen (secondary N) is 2. The van der Waals surface area contributed by atoms with Crippen molar-refractivity contribution >= 4 is 26.9 Å². The van der Waals surface area contributed by atoms with Crippen molar-refractivity contribution in [1.82, 2.24) is 9.71 Å². The lowest BCUT2D eigenvalue weighted by Gasteiger charge is -2.19. The van der Waals surface area contributed by atoms with E-state index in [1.165, 1.54) is 12.1 Å². The maximum atomic E-state index is 12.7. The average Bonchev–Trinajstić information content (AvgIpc) is 3.03. The molecule has 0 amide bonds. The number of benzene rings is 2. The Balaban J connectivity index is 1.84. The number of carboxylic acid groups (broad SMARTS) is 1. The number of hydrogen-bond donors (Lipinski definition) is 3. The lowest BCUT2D eigenvalue weighted by molar-refractivity contribution is -0.138. The van der Waals surface area contributed by atoms with Crippen LogP contribution in [0.5, 0.6) is 0 Å². The van der Waals surface area contributed by atoms with E-state index in [-0.39, 0.29) is 16.7 Å². The summed E-state index contributed by atoms with van der Waals surface area (Å²) in [7, 11) is -3.96. The van der Waals surface area contributed by atoms with Crippen LogP contribution in [0.1, 0.15) is 31.9 Å². The first kappa shape index (κ1) is 20.1. The number of para-hydroxylation sites is 1. The molecule has 0 unspecified atom stereocenters. The van der Waals surface area contributed by atoms with Crippen LogP contribution in [0.4, 0.5) is 0 Å². The van der Waals surface area contributed by atoms with E-state index >= 15 is 0 Å². The van der Waals surface area contributed by atoms with Crippen molar-refractivity contribution in [3.05, 3.63) is 65.9 Å². The van der Waals surface area contributed by atoms with Gasteiger partial charge in [-0.25, -0.2) is 8.42 Å². The fraction of sp³-hybridized carbons (Fsp3) is 0.286. The molecule has 0 bridgehead atoms. The highest BCUT2D eigenvalue weighted by Gasteiger charge is 2.27. The Morgan fingerprint density at radius 3 is 2.36 bits per heavy atom. The van der Waals surface area contributed by atoms with Gasteiger partial charge in [-0.05, 0) is 34.7 Å². The number of carbonyl (C=O) groups is 1. The van der Waals surface area contributed by atoms with Crippen LogP contribution in [-0.2, 0) is 26.7 Å². The maximum Gasteiger partial charge on any atom is 0.322 e. The van der Waals surface area contributed by atoms with Crippen molar-refractivity contribution in [3.8, 4) is 0 Å². The molecule has 0 spiro atoms. The van der Waals surface area contributed by atoms with Gasteiger partial charge in [-0.1, -0.05) is 51.1 Å². The lowest BCUT2D eigenvalue weighted by atomic mass is 9.87. The molecule has 148 valence electrons. The van der Waals surface area contributed by atoms with Crippen LogP contribution in [-0.4, -0.2) is 30.5 Å². The van der Waals surface area contributed by atoms with Gasteiger partial charge in [0, 0.05) is 23.5 Å². The minimum Gasteiger partial charge on any atom is -0.480 e. The molecule has 0 saturated carbocycles. The van der Waals surface area contributed by atoms with Gasteiger partial charge < -0.3 is 10.1 Å². The second kappa shape index (κ2) is 7.41. The van der Waals surface area contributed by atoms with Crippen LogP contribution in [0.2, 0.25) is 0 Å². The molecule has 0 fully saturated rings. The van der Waals surface area contributed by atoms with Crippen molar-refractivity contribution in [1.29, 1.82) is 0 Å². The van der Waals surface area contributed by atoms with E-state index in [2.05, 4.69) is 9.71 Å². The third-order valence-electron chi connectivity index (χ3n) is 4.73. The quantitative estimate of drug-likeness (QED) is 0.590. The molecule has 28 heavy (non-hydrogen) atoms. The number of aromatic nitrogens is 1. The molecule has 6 nitrogen and oxygen atoms in total. The molecule has 7 heteroatoms. The second-order valence-electron chi connectivity index (χ2n) is 7.85. The van der Waals surface area contributed by atoms with Crippen molar-refractivity contribution in [2.75, 3.05) is 0 Å². The fourth-order valence-corrected chi connectivity index (χ4v) is 4.28. The number of sulfonamides is 1. The van der Waals surface area contributed by atoms with Gasteiger partial charge in [0.2, 0.25) is 10.0 Å². The summed E-state index contributed by atoms with van der Waals surface area (Å²) in [6.07, 6.45) is 1.76. The first-order valence-electron chi connectivity index (χ1n) is 8.98. The molecular weight excluding hydrogens is 376 g/mol. The van der Waals surface area contributed by atoms with Gasteiger partial charge in [0.1, 0.15) is 6.04 Å². The summed E-state index contributed by atoms with van der Waals surface area (Å²) >= 11 is 0. The van der Waals surface area contributed by atoms with E-state index in [4.69, 9.17) is 0 Å². The molecule has 0 saturated heterocycles. The van der Waals surface area contributed by atoms with Gasteiger partial charge in [-0.2, -0.15) is 4.72 Å². The molecular formula is C21H24N2O4S. The Labute approximate surface area is 164 Å². The monoisotopic (exact) mass is 400 g/mol. The summed E-state index contributed by atoms with van der Waals surface area (Å²) in [5, 5.41) is 10.4. The average molecular weight is 401 g/mol. The van der Waals surface area contributed by atoms with Crippen LogP contribution >= 0.6 is 0 Å². The summed E-state index contributed by atoms with van der Waals surface area (Å²) in [5.74, 6) is -1.22. The summed E-state index contributed by atoms with van der Waals surface area (Å²) in [4.78, 5) is 14.8. The number of H-pyrrole nitrogens is 1. The van der Waals surface area contributed by atoms with Gasteiger partial charge >= 0.3 is 5.97 Å². The van der Waals surface area contributed by atoms with Crippen LogP contribution < -0.4 is 4.72 Å². The van der Waals surface area contributed by atoms with E-state index in [1.54, 1.807) is 18.3 Å². The van der Waals surface area contributed by atoms with Crippen LogP contribution in [0.15, 0.2) is 59.6 Å². The Bertz CT molecular complexity index is 1090. The highest BCUT2D eigenvalue weighted by Crippen LogP contribution is 2.24. The Kier molecular flexibility index (Phi) is 5.32. The number of rotatable bonds is 6. The zero-order valence-corrected chi connectivity index (χ0v) is 16.9. The Morgan fingerprint density at radius 2 is 1.75 bits per heavy atom. The van der Waals surface area contributed by atoms with E-state index in [1.807, 2.05) is 45.0 Å². The smallest absolute Gasteiger partial charge is 0.322 e. The summed E-state index contributed by atoms with van der Waals surface area (Å²) in [6.45, 7) is 6.11. The van der Waals surface area contributed by atoms with Gasteiger partial charge in [-0.3, -0.25) is 4.79 Å². The van der Waals surface area contributed by atoms with Crippen molar-refractivity contribution < 1.29 is 18.3 Å². The van der Waals surface area contributed by atoms with E-state index < -0.39 is 22.0 Å². The molecule has 1 heterocycles. The molecule has 0 aliphatic carbocycles. The van der Waals surface area contributed by atoms with Crippen molar-refractivity contribution in [2.45, 2.75) is 43.5 Å². The van der Waals surface area contributed by atoms with Gasteiger partial charge in [0.15, 0.2) is 0 Å². The number of fused-ring (bicyclic) bond motifs is 1. The van der Waals surface area contributed by atoms with Crippen LogP contribution in [0.25, 0.3) is 10.9 Å². The van der Waals surface area contributed by atoms with Gasteiger partial charge in [-0.15, -0.1) is 0 Å². The molecule has 0 radical (unpaired) electrons. The summed E-state index contributed by atoms with van der Waals surface area (Å²) < 4.78 is 27.8. The topological polar surface area (TPSA) is 99.3 Å². The highest BCUT2D eigenvalue weighted by molar-refractivity contribution is 7.89. The Hall–Kier alpha value is -2.64. The third kappa shape index (κ3) is 4.26. The number of carboxylic acids is 1. The van der Waals surface area contributed by atoms with Crippen LogP contribution in [0, 0.1) is 0 Å². The summed E-state index contributed by atoms with van der Waals surface area (Å²) in [6, 6.07) is 12.7. The fourth-order valence-electron chi connectivity index (χ4n) is 3.09. The molecule has 0 aliphatic rings. The van der Waals surface area contributed by atoms with Gasteiger partial charge in [0.05, 0.1) is 4.90 Å². The summed E-state index contributed by atoms with van der Waals surface area (Å²) in [5.41, 5.74) is 2.52. The van der Waals surface area contributed by atoms with E-state index in [9.17, 15) is 18.3 Å². The Morgan fingerprint density at radius 1 is 1.11 bits per heavy atom. The van der Waals surface area contributed by atoms with E-state index in [0.717, 1.165) is 22.0 Å². The maximum absolute atomic E-state index is 12.7. The standard InChI is InChI=1S/C21H24N2O4S/c1-21(2,3)15-8-10-16(11-9-15)28(26,27)23-19(20(24)25)12-14-13-22-18-7-5-4-6-17(14)18/h4-11,13,19,22-23H,12H2,1-3H3,(H,24,25)/t19-/m0/s1. The number of hydrogen-bond acceptors (Lipinski definition) is 3. The third-order valence-corrected chi connectivity index (χ3v) is 6.21. The predicted molar refractivity (Wildman–Crippen MR) is 109 cm³/mol. The van der Waals surface area contributed by atoms with E-state index in [0.29, 0.717) is 0 Å². The molecule has 1 aromatic heterocycles. The molecule has 3 rings (SSSR count). The first-order valence-corrected chi connectivity index (χ1v) is 10.5. The molecule has 3 aromatic rings. The first-order chi connectivity index (χ1) is 13.1. The molecule has 0 aliphatic heterocycles. The second-order valence-corrected chi connectivity index (χ2v) is 9.56. The van der Waals surface area contributed by atoms with Gasteiger partial charge in [0.25, 0.3) is 0 Å². The molecule has 3 N–H and O–H groups in total. The predicted octanol–water partition coefficient (Wildman–Crippen LogP) is 3.44. The minimum atomic E-state index is -3.96. The van der Waals surface area contributed by atoms with Crippen molar-refractivity contribution in [3.63, 3.8) is 0 Å². The molecule has 2 aromatic carbocycles. The molecule has 1 atom stereocenters. The zero-order valence-electron chi connectivity index (χ0n) is 16.1. The lowest BCUT2D eigenvalue weighted by Crippen LogP contribution is -2.42. The minimum absolute atomic E-state index is 0.0403. The zero-order chi connectivity index (χ0) is 20.5. The SMILES string of the molecule is CC(C)(C)c1ccc(S(=O)(=O)N[C@@H](Cc2c[nH]c3ccccc23)C(=O)O)cc1. The van der Waals surface area contributed by atoms with Crippen molar-refractivity contribution in [2.24, 2.45) is 0 Å². The van der Waals surface area contributed by atoms with Crippen LogP contribution in [0.3, 0.4) is 0 Å². The number of aliphatic carboxylic acids is 1. The highest BCUT2D eigenvalue weighted by atomic mass is 32.2. The normalized spacial score (nSPS) is 13.5. The number of aromatic amines is 1. The largest absolute Gasteiger partial charge is 0.480 e.